The van der Waals surface area contributed by atoms with E-state index in [0.29, 0.717) is 29.6 Å². The van der Waals surface area contributed by atoms with E-state index in [2.05, 4.69) is 36.2 Å². The Kier molecular flexibility index (Phi) is 8.46. The van der Waals surface area contributed by atoms with Crippen LogP contribution in [0.25, 0.3) is 0 Å². The lowest BCUT2D eigenvalue weighted by atomic mass is 10.1. The van der Waals surface area contributed by atoms with Gasteiger partial charge in [0.25, 0.3) is 5.91 Å². The van der Waals surface area contributed by atoms with E-state index in [1.807, 2.05) is 23.9 Å². The number of hydrogen-bond donors (Lipinski definition) is 1. The predicted molar refractivity (Wildman–Crippen MR) is 125 cm³/mol. The van der Waals surface area contributed by atoms with Crippen molar-refractivity contribution in [2.24, 2.45) is 5.92 Å². The van der Waals surface area contributed by atoms with Gasteiger partial charge in [-0.05, 0) is 48.2 Å². The third-order valence-corrected chi connectivity index (χ3v) is 6.02. The molecule has 0 radical (unpaired) electrons. The Morgan fingerprint density at radius 1 is 1.13 bits per heavy atom. The Hall–Kier alpha value is -2.18. The summed E-state index contributed by atoms with van der Waals surface area (Å²) in [5.41, 5.74) is 2.56. The molecule has 1 fully saturated rings. The maximum Gasteiger partial charge on any atom is 0.255 e. The van der Waals surface area contributed by atoms with Crippen LogP contribution in [-0.4, -0.2) is 49.1 Å². The van der Waals surface area contributed by atoms with Crippen molar-refractivity contribution in [3.63, 3.8) is 0 Å². The molecule has 0 bridgehead atoms. The molecule has 0 saturated carbocycles. The Bertz CT molecular complexity index is 835. The number of methoxy groups -OCH3 is 1. The summed E-state index contributed by atoms with van der Waals surface area (Å²) >= 11 is 2.01. The van der Waals surface area contributed by atoms with Crippen molar-refractivity contribution in [3.05, 3.63) is 53.6 Å². The lowest BCUT2D eigenvalue weighted by molar-refractivity contribution is 0.102. The van der Waals surface area contributed by atoms with E-state index >= 15 is 0 Å². The van der Waals surface area contributed by atoms with Gasteiger partial charge in [0.1, 0.15) is 0 Å². The summed E-state index contributed by atoms with van der Waals surface area (Å²) in [6.07, 6.45) is 0.970. The van der Waals surface area contributed by atoms with Crippen LogP contribution in [0.5, 0.6) is 11.5 Å². The number of amides is 1. The Labute approximate surface area is 184 Å². The highest BCUT2D eigenvalue weighted by Gasteiger charge is 2.14. The number of nitrogens with zero attached hydrogens (tertiary/aromatic N) is 1. The highest BCUT2D eigenvalue weighted by molar-refractivity contribution is 7.99. The topological polar surface area (TPSA) is 50.8 Å². The number of benzene rings is 2. The van der Waals surface area contributed by atoms with Gasteiger partial charge in [-0.15, -0.1) is 0 Å². The minimum absolute atomic E-state index is 0.159. The van der Waals surface area contributed by atoms with Crippen LogP contribution in [0.3, 0.4) is 0 Å². The summed E-state index contributed by atoms with van der Waals surface area (Å²) < 4.78 is 11.3. The van der Waals surface area contributed by atoms with Crippen molar-refractivity contribution in [1.82, 2.24) is 4.90 Å². The highest BCUT2D eigenvalue weighted by Crippen LogP contribution is 2.29. The second-order valence-corrected chi connectivity index (χ2v) is 9.16. The van der Waals surface area contributed by atoms with Gasteiger partial charge in [-0.1, -0.05) is 26.0 Å². The fourth-order valence-electron chi connectivity index (χ4n) is 3.30. The zero-order valence-electron chi connectivity index (χ0n) is 18.1. The molecule has 0 spiro atoms. The summed E-state index contributed by atoms with van der Waals surface area (Å²) in [5.74, 6) is 4.03. The number of rotatable bonds is 9. The first-order valence-electron chi connectivity index (χ1n) is 10.6. The summed E-state index contributed by atoms with van der Waals surface area (Å²) in [7, 11) is 1.59. The number of ether oxygens (including phenoxy) is 2. The molecule has 1 N–H and O–H groups in total. The number of carbonyl (C=O) groups excluding carboxylic acids is 1. The maximum atomic E-state index is 12.8. The van der Waals surface area contributed by atoms with Gasteiger partial charge in [-0.2, -0.15) is 11.8 Å². The summed E-state index contributed by atoms with van der Waals surface area (Å²) in [5, 5.41) is 3.01. The SMILES string of the molecule is COc1cc(C(=O)Nc2cccc(CN3CCSCC3)c2)ccc1OCCC(C)C. The van der Waals surface area contributed by atoms with Crippen LogP contribution >= 0.6 is 11.8 Å². The number of nitrogens with one attached hydrogen (secondary N) is 1. The fraction of sp³-hybridized carbons (Fsp3) is 0.458. The molecule has 1 aliphatic heterocycles. The van der Waals surface area contributed by atoms with Crippen molar-refractivity contribution in [3.8, 4) is 11.5 Å². The van der Waals surface area contributed by atoms with E-state index in [4.69, 9.17) is 9.47 Å². The van der Waals surface area contributed by atoms with Crippen LogP contribution in [0.15, 0.2) is 42.5 Å². The van der Waals surface area contributed by atoms with E-state index in [1.165, 1.54) is 17.1 Å². The predicted octanol–water partition coefficient (Wildman–Crippen LogP) is 4.92. The molecule has 1 saturated heterocycles. The third-order valence-electron chi connectivity index (χ3n) is 5.07. The molecule has 162 valence electrons. The first-order chi connectivity index (χ1) is 14.5. The molecule has 0 aliphatic carbocycles. The quantitative estimate of drug-likeness (QED) is 0.614. The van der Waals surface area contributed by atoms with Crippen LogP contribution in [-0.2, 0) is 6.54 Å². The molecule has 6 heteroatoms. The maximum absolute atomic E-state index is 12.8. The molecule has 1 amide bonds. The summed E-state index contributed by atoms with van der Waals surface area (Å²) in [6.45, 7) is 8.10. The molecule has 0 atom stereocenters. The largest absolute Gasteiger partial charge is 0.493 e. The third kappa shape index (κ3) is 6.67. The molecular formula is C24H32N2O3S. The highest BCUT2D eigenvalue weighted by atomic mass is 32.2. The van der Waals surface area contributed by atoms with E-state index in [-0.39, 0.29) is 5.91 Å². The van der Waals surface area contributed by atoms with Gasteiger partial charge in [0.05, 0.1) is 13.7 Å². The van der Waals surface area contributed by atoms with Gasteiger partial charge in [0, 0.05) is 42.4 Å². The van der Waals surface area contributed by atoms with Crippen molar-refractivity contribution in [2.75, 3.05) is 43.6 Å². The normalized spacial score (nSPS) is 14.5. The van der Waals surface area contributed by atoms with E-state index in [0.717, 1.165) is 31.7 Å². The molecule has 0 aromatic heterocycles. The van der Waals surface area contributed by atoms with Gasteiger partial charge in [0.2, 0.25) is 0 Å². The van der Waals surface area contributed by atoms with Crippen LogP contribution in [0.4, 0.5) is 5.69 Å². The van der Waals surface area contributed by atoms with Gasteiger partial charge >= 0.3 is 0 Å². The Morgan fingerprint density at radius 3 is 2.67 bits per heavy atom. The molecule has 1 heterocycles. The molecule has 1 aliphatic rings. The Morgan fingerprint density at radius 2 is 1.93 bits per heavy atom. The van der Waals surface area contributed by atoms with Crippen molar-refractivity contribution in [2.45, 2.75) is 26.8 Å². The number of carbonyl (C=O) groups is 1. The van der Waals surface area contributed by atoms with Crippen molar-refractivity contribution >= 4 is 23.4 Å². The van der Waals surface area contributed by atoms with Crippen LogP contribution in [0.2, 0.25) is 0 Å². The lowest BCUT2D eigenvalue weighted by Crippen LogP contribution is -2.31. The lowest BCUT2D eigenvalue weighted by Gasteiger charge is -2.26. The average molecular weight is 429 g/mol. The van der Waals surface area contributed by atoms with Gasteiger partial charge in [-0.25, -0.2) is 0 Å². The number of anilines is 1. The van der Waals surface area contributed by atoms with Crippen LogP contribution in [0, 0.1) is 5.92 Å². The van der Waals surface area contributed by atoms with Crippen molar-refractivity contribution < 1.29 is 14.3 Å². The average Bonchev–Trinajstić information content (AvgIpc) is 2.74. The minimum Gasteiger partial charge on any atom is -0.493 e. The first kappa shape index (κ1) is 22.5. The summed E-state index contributed by atoms with van der Waals surface area (Å²) in [6, 6.07) is 13.4. The van der Waals surface area contributed by atoms with Gasteiger partial charge in [-0.3, -0.25) is 9.69 Å². The summed E-state index contributed by atoms with van der Waals surface area (Å²) in [4.78, 5) is 15.2. The monoisotopic (exact) mass is 428 g/mol. The molecule has 5 nitrogen and oxygen atoms in total. The fourth-order valence-corrected chi connectivity index (χ4v) is 4.28. The first-order valence-corrected chi connectivity index (χ1v) is 11.7. The minimum atomic E-state index is -0.159. The van der Waals surface area contributed by atoms with Crippen LogP contribution in [0.1, 0.15) is 36.2 Å². The molecule has 3 rings (SSSR count). The molecule has 0 unspecified atom stereocenters. The Balaban J connectivity index is 1.63. The molecule has 2 aromatic rings. The zero-order chi connectivity index (χ0) is 21.3. The number of thioether (sulfide) groups is 1. The second-order valence-electron chi connectivity index (χ2n) is 7.94. The van der Waals surface area contributed by atoms with Gasteiger partial charge < -0.3 is 14.8 Å². The smallest absolute Gasteiger partial charge is 0.255 e. The van der Waals surface area contributed by atoms with E-state index < -0.39 is 0 Å². The molecule has 2 aromatic carbocycles. The van der Waals surface area contributed by atoms with E-state index in [9.17, 15) is 4.79 Å². The standard InChI is InChI=1S/C24H32N2O3S/c1-18(2)9-12-29-22-8-7-20(16-23(22)28-3)24(27)25-21-6-4-5-19(15-21)17-26-10-13-30-14-11-26/h4-8,15-16,18H,9-14,17H2,1-3H3,(H,25,27). The number of hydrogen-bond acceptors (Lipinski definition) is 5. The van der Waals surface area contributed by atoms with Gasteiger partial charge in [0.15, 0.2) is 11.5 Å². The zero-order valence-corrected chi connectivity index (χ0v) is 19.0. The molecule has 30 heavy (non-hydrogen) atoms. The second kappa shape index (κ2) is 11.3. The molecular weight excluding hydrogens is 396 g/mol. The van der Waals surface area contributed by atoms with E-state index in [1.54, 1.807) is 25.3 Å². The van der Waals surface area contributed by atoms with Crippen molar-refractivity contribution in [1.29, 1.82) is 0 Å². The van der Waals surface area contributed by atoms with Crippen LogP contribution < -0.4 is 14.8 Å².